The second-order valence-electron chi connectivity index (χ2n) is 4.74. The minimum absolute atomic E-state index is 0.496. The van der Waals surface area contributed by atoms with Gasteiger partial charge in [0.1, 0.15) is 4.87 Å². The number of hydrogen-bond donors (Lipinski definition) is 0. The smallest absolute Gasteiger partial charge is 0.108 e. The maximum Gasteiger partial charge on any atom is 0.108 e. The van der Waals surface area contributed by atoms with Crippen LogP contribution in [0.2, 0.25) is 0 Å². The summed E-state index contributed by atoms with van der Waals surface area (Å²) in [5.74, 6) is 0. The molecule has 1 heterocycles. The summed E-state index contributed by atoms with van der Waals surface area (Å²) in [4.78, 5) is 4.19. The average Bonchev–Trinajstić information content (AvgIpc) is 2.42. The number of benzene rings is 1. The third-order valence-electron chi connectivity index (χ3n) is 3.36. The number of fused-ring (bicyclic) bond motifs is 1. The molecule has 1 unspecified atom stereocenters. The molecule has 0 saturated carbocycles. The SMILES string of the molecule is CC1=CCC(Cl)(c2ccc3ccccc3n2)C=C1. The van der Waals surface area contributed by atoms with Crippen LogP contribution < -0.4 is 0 Å². The molecule has 1 aromatic carbocycles. The first-order chi connectivity index (χ1) is 8.67. The lowest BCUT2D eigenvalue weighted by molar-refractivity contribution is 0.731. The van der Waals surface area contributed by atoms with E-state index in [0.29, 0.717) is 0 Å². The van der Waals surface area contributed by atoms with Crippen molar-refractivity contribution in [1.82, 2.24) is 4.98 Å². The summed E-state index contributed by atoms with van der Waals surface area (Å²) in [5.41, 5.74) is 3.17. The highest BCUT2D eigenvalue weighted by Gasteiger charge is 2.28. The van der Waals surface area contributed by atoms with E-state index in [-0.39, 0.29) is 0 Å². The van der Waals surface area contributed by atoms with Gasteiger partial charge in [-0.2, -0.15) is 0 Å². The van der Waals surface area contributed by atoms with E-state index >= 15 is 0 Å². The van der Waals surface area contributed by atoms with Crippen LogP contribution in [0.1, 0.15) is 19.0 Å². The molecule has 18 heavy (non-hydrogen) atoms. The zero-order valence-corrected chi connectivity index (χ0v) is 11.0. The van der Waals surface area contributed by atoms with E-state index in [1.54, 1.807) is 0 Å². The fourth-order valence-corrected chi connectivity index (χ4v) is 2.44. The molecule has 1 atom stereocenters. The molecule has 0 aliphatic heterocycles. The number of nitrogens with zero attached hydrogens (tertiary/aromatic N) is 1. The van der Waals surface area contributed by atoms with Crippen LogP contribution in [-0.2, 0) is 4.87 Å². The Morgan fingerprint density at radius 1 is 1.17 bits per heavy atom. The van der Waals surface area contributed by atoms with Crippen LogP contribution in [0.3, 0.4) is 0 Å². The minimum atomic E-state index is -0.496. The van der Waals surface area contributed by atoms with Gasteiger partial charge in [0.2, 0.25) is 0 Å². The highest BCUT2D eigenvalue weighted by atomic mass is 35.5. The first-order valence-electron chi connectivity index (χ1n) is 6.09. The van der Waals surface area contributed by atoms with Gasteiger partial charge in [0.05, 0.1) is 11.2 Å². The van der Waals surface area contributed by atoms with Crippen LogP contribution in [-0.4, -0.2) is 4.98 Å². The van der Waals surface area contributed by atoms with Gasteiger partial charge in [-0.1, -0.05) is 48.1 Å². The Labute approximate surface area is 112 Å². The van der Waals surface area contributed by atoms with Crippen molar-refractivity contribution in [3.05, 3.63) is 65.9 Å². The van der Waals surface area contributed by atoms with Crippen LogP contribution in [0.15, 0.2) is 60.2 Å². The summed E-state index contributed by atoms with van der Waals surface area (Å²) in [6.45, 7) is 2.08. The summed E-state index contributed by atoms with van der Waals surface area (Å²) >= 11 is 6.67. The first-order valence-corrected chi connectivity index (χ1v) is 6.46. The Morgan fingerprint density at radius 3 is 2.78 bits per heavy atom. The lowest BCUT2D eigenvalue weighted by Crippen LogP contribution is -2.18. The molecule has 0 N–H and O–H groups in total. The van der Waals surface area contributed by atoms with E-state index in [1.807, 2.05) is 30.3 Å². The van der Waals surface area contributed by atoms with Gasteiger partial charge in [-0.3, -0.25) is 4.98 Å². The maximum atomic E-state index is 6.67. The molecule has 1 aliphatic carbocycles. The normalized spacial score (nSPS) is 23.1. The van der Waals surface area contributed by atoms with Gasteiger partial charge in [0, 0.05) is 5.39 Å². The highest BCUT2D eigenvalue weighted by molar-refractivity contribution is 6.25. The maximum absolute atomic E-state index is 6.67. The van der Waals surface area contributed by atoms with Gasteiger partial charge in [0.15, 0.2) is 0 Å². The molecule has 0 bridgehead atoms. The van der Waals surface area contributed by atoms with Crippen molar-refractivity contribution in [3.63, 3.8) is 0 Å². The summed E-state index contributed by atoms with van der Waals surface area (Å²) in [5, 5.41) is 1.15. The van der Waals surface area contributed by atoms with Crippen LogP contribution >= 0.6 is 11.6 Å². The predicted molar refractivity (Wildman–Crippen MR) is 76.8 cm³/mol. The number of pyridine rings is 1. The number of allylic oxidation sites excluding steroid dienone is 4. The molecule has 0 spiro atoms. The molecule has 1 aliphatic rings. The zero-order chi connectivity index (χ0) is 12.6. The standard InChI is InChI=1S/C16H14ClN/c1-12-8-10-16(17,11-9-12)15-7-6-13-4-2-3-5-14(13)18-15/h2-10H,11H2,1H3. The molecule has 0 radical (unpaired) electrons. The molecule has 0 amide bonds. The third kappa shape index (κ3) is 1.95. The fourth-order valence-electron chi connectivity index (χ4n) is 2.20. The van der Waals surface area contributed by atoms with Crippen LogP contribution in [0.4, 0.5) is 0 Å². The molecule has 2 aromatic rings. The number of para-hydroxylation sites is 1. The van der Waals surface area contributed by atoms with Crippen molar-refractivity contribution in [2.45, 2.75) is 18.2 Å². The zero-order valence-electron chi connectivity index (χ0n) is 10.2. The second kappa shape index (κ2) is 4.25. The molecular weight excluding hydrogens is 242 g/mol. The molecular formula is C16H14ClN. The van der Waals surface area contributed by atoms with Crippen molar-refractivity contribution in [2.24, 2.45) is 0 Å². The molecule has 1 nitrogen and oxygen atoms in total. The Kier molecular flexibility index (Phi) is 2.71. The van der Waals surface area contributed by atoms with Crippen LogP contribution in [0.5, 0.6) is 0 Å². The molecule has 0 fully saturated rings. The number of alkyl halides is 1. The largest absolute Gasteiger partial charge is 0.251 e. The summed E-state index contributed by atoms with van der Waals surface area (Å²) < 4.78 is 0. The van der Waals surface area contributed by atoms with Crippen molar-refractivity contribution in [1.29, 1.82) is 0 Å². The van der Waals surface area contributed by atoms with Crippen LogP contribution in [0.25, 0.3) is 10.9 Å². The highest BCUT2D eigenvalue weighted by Crippen LogP contribution is 2.37. The molecule has 2 heteroatoms. The quantitative estimate of drug-likeness (QED) is 0.680. The van der Waals surface area contributed by atoms with E-state index < -0.39 is 4.87 Å². The van der Waals surface area contributed by atoms with Gasteiger partial charge >= 0.3 is 0 Å². The van der Waals surface area contributed by atoms with Gasteiger partial charge in [0.25, 0.3) is 0 Å². The average molecular weight is 256 g/mol. The second-order valence-corrected chi connectivity index (χ2v) is 5.41. The van der Waals surface area contributed by atoms with E-state index in [0.717, 1.165) is 23.0 Å². The van der Waals surface area contributed by atoms with E-state index in [2.05, 4.69) is 36.2 Å². The summed E-state index contributed by atoms with van der Waals surface area (Å²) in [6.07, 6.45) is 7.06. The van der Waals surface area contributed by atoms with E-state index in [4.69, 9.17) is 11.6 Å². The number of rotatable bonds is 1. The Morgan fingerprint density at radius 2 is 2.00 bits per heavy atom. The Balaban J connectivity index is 2.07. The number of halogens is 1. The Bertz CT molecular complexity index is 657. The van der Waals surface area contributed by atoms with Gasteiger partial charge in [-0.25, -0.2) is 0 Å². The predicted octanol–water partition coefficient (Wildman–Crippen LogP) is 4.58. The monoisotopic (exact) mass is 255 g/mol. The minimum Gasteiger partial charge on any atom is -0.251 e. The van der Waals surface area contributed by atoms with E-state index in [1.165, 1.54) is 5.57 Å². The lowest BCUT2D eigenvalue weighted by atomic mass is 9.92. The molecule has 3 rings (SSSR count). The molecule has 0 saturated heterocycles. The fraction of sp³-hybridized carbons (Fsp3) is 0.188. The molecule has 90 valence electrons. The number of aromatic nitrogens is 1. The summed E-state index contributed by atoms with van der Waals surface area (Å²) in [6, 6.07) is 12.2. The van der Waals surface area contributed by atoms with Gasteiger partial charge in [-0.05, 0) is 25.5 Å². The molecule has 1 aromatic heterocycles. The van der Waals surface area contributed by atoms with Crippen molar-refractivity contribution in [3.8, 4) is 0 Å². The number of hydrogen-bond acceptors (Lipinski definition) is 1. The van der Waals surface area contributed by atoms with Crippen molar-refractivity contribution in [2.75, 3.05) is 0 Å². The summed E-state index contributed by atoms with van der Waals surface area (Å²) in [7, 11) is 0. The van der Waals surface area contributed by atoms with E-state index in [9.17, 15) is 0 Å². The third-order valence-corrected chi connectivity index (χ3v) is 3.83. The van der Waals surface area contributed by atoms with Crippen LogP contribution in [0, 0.1) is 0 Å². The van der Waals surface area contributed by atoms with Gasteiger partial charge in [-0.15, -0.1) is 11.6 Å². The van der Waals surface area contributed by atoms with Gasteiger partial charge < -0.3 is 0 Å². The van der Waals surface area contributed by atoms with Crippen molar-refractivity contribution >= 4 is 22.5 Å². The lowest BCUT2D eigenvalue weighted by Gasteiger charge is -2.24. The first kappa shape index (κ1) is 11.5. The topological polar surface area (TPSA) is 12.9 Å². The Hall–Kier alpha value is -1.60. The van der Waals surface area contributed by atoms with Crippen molar-refractivity contribution < 1.29 is 0 Å².